The highest BCUT2D eigenvalue weighted by atomic mass is 16.1. The van der Waals surface area contributed by atoms with Crippen LogP contribution < -0.4 is 0 Å². The minimum atomic E-state index is 0.128. The molecular formula is C20H32O. The summed E-state index contributed by atoms with van der Waals surface area (Å²) in [5.41, 5.74) is 4.41. The molecule has 0 N–H and O–H groups in total. The van der Waals surface area contributed by atoms with Crippen molar-refractivity contribution in [3.63, 3.8) is 0 Å². The molecule has 0 fully saturated rings. The first-order valence-electron chi connectivity index (χ1n) is 8.67. The Morgan fingerprint density at radius 1 is 1.00 bits per heavy atom. The van der Waals surface area contributed by atoms with Gasteiger partial charge in [0.1, 0.15) is 5.78 Å². The fraction of sp³-hybridized carbons (Fsp3) is 0.650. The lowest BCUT2D eigenvalue weighted by atomic mass is 9.86. The Labute approximate surface area is 131 Å². The van der Waals surface area contributed by atoms with E-state index in [0.29, 0.717) is 5.78 Å². The Morgan fingerprint density at radius 2 is 1.67 bits per heavy atom. The van der Waals surface area contributed by atoms with Gasteiger partial charge in [-0.3, -0.25) is 4.79 Å². The molecule has 1 nitrogen and oxygen atoms in total. The number of Topliss-reactive ketones (excluding diaryl/α,β-unsaturated/α-hetero) is 1. The van der Waals surface area contributed by atoms with Crippen LogP contribution in [0.2, 0.25) is 0 Å². The summed E-state index contributed by atoms with van der Waals surface area (Å²) in [5.74, 6) is 0.457. The number of hydrogen-bond acceptors (Lipinski definition) is 1. The molecule has 1 aliphatic carbocycles. The molecule has 1 rings (SSSR count). The number of carbonyl (C=O) groups excluding carboxylic acids is 1. The first-order chi connectivity index (χ1) is 10.1. The van der Waals surface area contributed by atoms with Gasteiger partial charge in [0.15, 0.2) is 0 Å². The van der Waals surface area contributed by atoms with Gasteiger partial charge in [-0.1, -0.05) is 55.7 Å². The van der Waals surface area contributed by atoms with Crippen molar-refractivity contribution < 1.29 is 4.79 Å². The zero-order valence-corrected chi connectivity index (χ0v) is 14.4. The van der Waals surface area contributed by atoms with Gasteiger partial charge in [-0.25, -0.2) is 0 Å². The molecule has 0 aliphatic heterocycles. The highest BCUT2D eigenvalue weighted by Gasteiger charge is 2.18. The molecular weight excluding hydrogens is 256 g/mol. The second-order valence-electron chi connectivity index (χ2n) is 6.04. The van der Waals surface area contributed by atoms with Gasteiger partial charge < -0.3 is 0 Å². The van der Waals surface area contributed by atoms with E-state index in [-0.39, 0.29) is 5.92 Å². The monoisotopic (exact) mass is 288 g/mol. The average Bonchev–Trinajstić information content (AvgIpc) is 2.47. The molecule has 0 spiro atoms. The van der Waals surface area contributed by atoms with Gasteiger partial charge in [0, 0.05) is 5.92 Å². The van der Waals surface area contributed by atoms with Gasteiger partial charge in [0.25, 0.3) is 0 Å². The van der Waals surface area contributed by atoms with E-state index in [1.807, 2.05) is 0 Å². The topological polar surface area (TPSA) is 17.1 Å². The third kappa shape index (κ3) is 6.03. The summed E-state index contributed by atoms with van der Waals surface area (Å²) in [6, 6.07) is 0. The largest absolute Gasteiger partial charge is 0.299 e. The minimum absolute atomic E-state index is 0.128. The molecule has 1 heteroatoms. The zero-order valence-electron chi connectivity index (χ0n) is 14.4. The summed E-state index contributed by atoms with van der Waals surface area (Å²) >= 11 is 0. The van der Waals surface area contributed by atoms with Crippen LogP contribution in [0.5, 0.6) is 0 Å². The highest BCUT2D eigenvalue weighted by molar-refractivity contribution is 5.81. The van der Waals surface area contributed by atoms with E-state index in [1.165, 1.54) is 17.6 Å². The predicted molar refractivity (Wildman–Crippen MR) is 92.4 cm³/mol. The number of ketones is 1. The van der Waals surface area contributed by atoms with Crippen LogP contribution in [0.1, 0.15) is 79.1 Å². The standard InChI is InChI=1S/C20H32O/c1-5-17-10-8-11-18(6-2)14-15-20(16(4)21)19(7-3)13-9-12-17/h11-13,20H,5-10,14-15H2,1-4H3/b17-12+,18-11+,19-13+. The van der Waals surface area contributed by atoms with Crippen molar-refractivity contribution in [1.82, 2.24) is 0 Å². The second kappa shape index (κ2) is 9.76. The van der Waals surface area contributed by atoms with Crippen molar-refractivity contribution in [3.05, 3.63) is 34.9 Å². The molecule has 0 radical (unpaired) electrons. The Balaban J connectivity index is 3.03. The van der Waals surface area contributed by atoms with E-state index >= 15 is 0 Å². The average molecular weight is 288 g/mol. The Morgan fingerprint density at radius 3 is 2.24 bits per heavy atom. The van der Waals surface area contributed by atoms with Crippen molar-refractivity contribution in [2.75, 3.05) is 0 Å². The Kier molecular flexibility index (Phi) is 8.34. The van der Waals surface area contributed by atoms with Crippen LogP contribution in [0.15, 0.2) is 34.9 Å². The molecule has 1 unspecified atom stereocenters. The van der Waals surface area contributed by atoms with Gasteiger partial charge in [-0.05, 0) is 58.3 Å². The lowest BCUT2D eigenvalue weighted by Gasteiger charge is -2.18. The molecule has 0 saturated heterocycles. The summed E-state index contributed by atoms with van der Waals surface area (Å²) in [6.45, 7) is 8.40. The molecule has 0 heterocycles. The van der Waals surface area contributed by atoms with E-state index in [1.54, 1.807) is 12.5 Å². The zero-order chi connectivity index (χ0) is 15.7. The molecule has 0 aromatic rings. The van der Waals surface area contributed by atoms with Crippen molar-refractivity contribution in [2.45, 2.75) is 79.1 Å². The first kappa shape index (κ1) is 17.9. The summed E-state index contributed by atoms with van der Waals surface area (Å²) in [5, 5.41) is 0. The van der Waals surface area contributed by atoms with E-state index in [9.17, 15) is 4.79 Å². The molecule has 1 atom stereocenters. The van der Waals surface area contributed by atoms with Gasteiger partial charge in [0.2, 0.25) is 0 Å². The molecule has 0 saturated carbocycles. The van der Waals surface area contributed by atoms with Crippen LogP contribution >= 0.6 is 0 Å². The quantitative estimate of drug-likeness (QED) is 0.566. The molecule has 21 heavy (non-hydrogen) atoms. The predicted octanol–water partition coefficient (Wildman–Crippen LogP) is 6.16. The third-order valence-electron chi connectivity index (χ3n) is 4.69. The van der Waals surface area contributed by atoms with Crippen LogP contribution in [0.4, 0.5) is 0 Å². The molecule has 1 aliphatic rings. The summed E-state index contributed by atoms with van der Waals surface area (Å²) in [4.78, 5) is 12.0. The maximum Gasteiger partial charge on any atom is 0.136 e. The summed E-state index contributed by atoms with van der Waals surface area (Å²) in [6.07, 6.45) is 15.7. The third-order valence-corrected chi connectivity index (χ3v) is 4.69. The van der Waals surface area contributed by atoms with Crippen LogP contribution in [-0.2, 0) is 4.79 Å². The molecule has 0 bridgehead atoms. The van der Waals surface area contributed by atoms with Gasteiger partial charge in [-0.2, -0.15) is 0 Å². The summed E-state index contributed by atoms with van der Waals surface area (Å²) < 4.78 is 0. The second-order valence-corrected chi connectivity index (χ2v) is 6.04. The van der Waals surface area contributed by atoms with Crippen LogP contribution in [0, 0.1) is 5.92 Å². The maximum absolute atomic E-state index is 12.0. The Hall–Kier alpha value is -1.11. The van der Waals surface area contributed by atoms with Gasteiger partial charge >= 0.3 is 0 Å². The fourth-order valence-corrected chi connectivity index (χ4v) is 3.20. The van der Waals surface area contributed by atoms with E-state index < -0.39 is 0 Å². The summed E-state index contributed by atoms with van der Waals surface area (Å²) in [7, 11) is 0. The normalized spacial score (nSPS) is 29.0. The van der Waals surface area contributed by atoms with Crippen molar-refractivity contribution >= 4 is 5.78 Å². The van der Waals surface area contributed by atoms with E-state index in [4.69, 9.17) is 0 Å². The molecule has 0 aromatic carbocycles. The van der Waals surface area contributed by atoms with Crippen LogP contribution in [0.25, 0.3) is 0 Å². The molecule has 0 amide bonds. The minimum Gasteiger partial charge on any atom is -0.299 e. The number of allylic oxidation sites excluding steroid dienone is 6. The maximum atomic E-state index is 12.0. The lowest BCUT2D eigenvalue weighted by Crippen LogP contribution is -2.14. The van der Waals surface area contributed by atoms with Crippen LogP contribution in [-0.4, -0.2) is 5.78 Å². The fourth-order valence-electron chi connectivity index (χ4n) is 3.20. The van der Waals surface area contributed by atoms with Gasteiger partial charge in [0.05, 0.1) is 0 Å². The van der Waals surface area contributed by atoms with E-state index in [0.717, 1.165) is 44.9 Å². The van der Waals surface area contributed by atoms with Gasteiger partial charge in [-0.15, -0.1) is 0 Å². The molecule has 118 valence electrons. The number of hydrogen-bond donors (Lipinski definition) is 0. The SMILES string of the molecule is CC/C1=C\C/C=C(\CC)C(C(C)=O)CC/C(CC)=C/CC1. The molecule has 0 aromatic heterocycles. The first-order valence-corrected chi connectivity index (χ1v) is 8.67. The van der Waals surface area contributed by atoms with Crippen molar-refractivity contribution in [2.24, 2.45) is 5.92 Å². The highest BCUT2D eigenvalue weighted by Crippen LogP contribution is 2.26. The number of carbonyl (C=O) groups is 1. The number of rotatable bonds is 4. The van der Waals surface area contributed by atoms with Crippen molar-refractivity contribution in [3.8, 4) is 0 Å². The van der Waals surface area contributed by atoms with E-state index in [2.05, 4.69) is 39.0 Å². The van der Waals surface area contributed by atoms with Crippen LogP contribution in [0.3, 0.4) is 0 Å². The Bertz CT molecular complexity index is 423. The van der Waals surface area contributed by atoms with Crippen molar-refractivity contribution in [1.29, 1.82) is 0 Å². The smallest absolute Gasteiger partial charge is 0.136 e. The lowest BCUT2D eigenvalue weighted by molar-refractivity contribution is -0.119.